The molecule has 1 aromatic carbocycles. The number of hydrogen-bond acceptors (Lipinski definition) is 4. The Morgan fingerprint density at radius 1 is 1.37 bits per heavy atom. The number of carbonyl (C=O) groups excluding carboxylic acids is 1. The summed E-state index contributed by atoms with van der Waals surface area (Å²) >= 11 is 0. The lowest BCUT2D eigenvalue weighted by Crippen LogP contribution is -2.28. The summed E-state index contributed by atoms with van der Waals surface area (Å²) in [5.74, 6) is -5.44. The van der Waals surface area contributed by atoms with Gasteiger partial charge in [-0.1, -0.05) is 42.4 Å². The maximum atomic E-state index is 14.4. The van der Waals surface area contributed by atoms with Crippen LogP contribution in [0.25, 0.3) is 0 Å². The van der Waals surface area contributed by atoms with E-state index in [1.807, 2.05) is 0 Å². The highest BCUT2D eigenvalue weighted by Gasteiger charge is 2.41. The van der Waals surface area contributed by atoms with Crippen LogP contribution in [-0.4, -0.2) is 11.1 Å². The van der Waals surface area contributed by atoms with Gasteiger partial charge in [-0.15, -0.1) is 0 Å². The zero-order chi connectivity index (χ0) is 14.0. The van der Waals surface area contributed by atoms with E-state index in [0.29, 0.717) is 0 Å². The topological polar surface area (TPSA) is 66.2 Å². The first-order chi connectivity index (χ1) is 8.98. The fourth-order valence-corrected chi connectivity index (χ4v) is 1.82. The zero-order valence-corrected chi connectivity index (χ0v) is 10.0. The number of aromatic carboxylic acids is 1. The van der Waals surface area contributed by atoms with Crippen LogP contribution in [0.15, 0.2) is 34.9 Å². The lowest BCUT2D eigenvalue weighted by molar-refractivity contribution is -0.256. The molecule has 0 fully saturated rings. The number of hydrogen-bond donors (Lipinski definition) is 0. The lowest BCUT2D eigenvalue weighted by Gasteiger charge is -2.17. The summed E-state index contributed by atoms with van der Waals surface area (Å²) in [6.07, 6.45) is 0.109. The van der Waals surface area contributed by atoms with Gasteiger partial charge in [0.1, 0.15) is 11.5 Å². The number of halogens is 2. The van der Waals surface area contributed by atoms with E-state index in [4.69, 9.17) is 0 Å². The van der Waals surface area contributed by atoms with Crippen molar-refractivity contribution >= 4 is 5.97 Å². The van der Waals surface area contributed by atoms with E-state index >= 15 is 0 Å². The predicted molar refractivity (Wildman–Crippen MR) is 59.6 cm³/mol. The molecule has 0 amide bonds. The van der Waals surface area contributed by atoms with Crippen LogP contribution in [-0.2, 0) is 12.3 Å². The van der Waals surface area contributed by atoms with Gasteiger partial charge in [0.2, 0.25) is 0 Å². The van der Waals surface area contributed by atoms with Crippen LogP contribution in [0.5, 0.6) is 0 Å². The Hall–Kier alpha value is -2.24. The molecule has 100 valence electrons. The summed E-state index contributed by atoms with van der Waals surface area (Å²) in [7, 11) is 0. The van der Waals surface area contributed by atoms with Crippen LogP contribution in [0.1, 0.15) is 34.3 Å². The Labute approximate surface area is 107 Å². The number of aromatic nitrogens is 1. The van der Waals surface area contributed by atoms with Crippen LogP contribution >= 0.6 is 0 Å². The molecule has 0 radical (unpaired) electrons. The number of rotatable bonds is 4. The predicted octanol–water partition coefficient (Wildman–Crippen LogP) is 1.74. The Morgan fingerprint density at radius 2 is 2.00 bits per heavy atom. The van der Waals surface area contributed by atoms with Crippen LogP contribution in [0.4, 0.5) is 8.78 Å². The fraction of sp³-hybridized carbons (Fsp3) is 0.231. The van der Waals surface area contributed by atoms with Crippen molar-refractivity contribution < 1.29 is 23.2 Å². The molecule has 4 nitrogen and oxygen atoms in total. The monoisotopic (exact) mass is 266 g/mol. The average molecular weight is 266 g/mol. The Morgan fingerprint density at radius 3 is 2.53 bits per heavy atom. The van der Waals surface area contributed by atoms with E-state index in [-0.39, 0.29) is 17.7 Å². The number of carboxylic acids is 1. The van der Waals surface area contributed by atoms with Crippen LogP contribution in [0.3, 0.4) is 0 Å². The van der Waals surface area contributed by atoms with Gasteiger partial charge in [0.05, 0.1) is 11.5 Å². The molecule has 1 aromatic heterocycles. The maximum absolute atomic E-state index is 14.4. The third-order valence-electron chi connectivity index (χ3n) is 2.73. The first-order valence-corrected chi connectivity index (χ1v) is 5.62. The largest absolute Gasteiger partial charge is 0.543 e. The molecule has 0 bridgehead atoms. The molecular formula is C13H10F2NO3-. The number of nitrogens with zero attached hydrogens (tertiary/aromatic N) is 1. The van der Waals surface area contributed by atoms with Gasteiger partial charge in [-0.25, -0.2) is 0 Å². The number of alkyl halides is 2. The van der Waals surface area contributed by atoms with Gasteiger partial charge in [0, 0.05) is 12.0 Å². The second-order valence-corrected chi connectivity index (χ2v) is 3.91. The molecule has 0 atom stereocenters. The van der Waals surface area contributed by atoms with E-state index < -0.39 is 23.1 Å². The summed E-state index contributed by atoms with van der Waals surface area (Å²) < 4.78 is 33.5. The summed E-state index contributed by atoms with van der Waals surface area (Å²) in [6.45, 7) is 1.57. The van der Waals surface area contributed by atoms with Crippen molar-refractivity contribution in [2.24, 2.45) is 0 Å². The molecule has 2 aromatic rings. The number of carbonyl (C=O) groups is 1. The highest BCUT2D eigenvalue weighted by atomic mass is 19.3. The second kappa shape index (κ2) is 4.79. The molecule has 0 aliphatic heterocycles. The molecule has 2 rings (SSSR count). The highest BCUT2D eigenvalue weighted by molar-refractivity contribution is 5.86. The fourth-order valence-electron chi connectivity index (χ4n) is 1.82. The third kappa shape index (κ3) is 2.21. The average Bonchev–Trinajstić information content (AvgIpc) is 2.84. The first-order valence-electron chi connectivity index (χ1n) is 5.62. The molecule has 19 heavy (non-hydrogen) atoms. The van der Waals surface area contributed by atoms with E-state index in [1.54, 1.807) is 13.0 Å². The lowest BCUT2D eigenvalue weighted by atomic mass is 9.97. The molecule has 1 heterocycles. The van der Waals surface area contributed by atoms with Gasteiger partial charge in [0.25, 0.3) is 0 Å². The summed E-state index contributed by atoms with van der Waals surface area (Å²) in [6, 6.07) is 6.91. The van der Waals surface area contributed by atoms with E-state index in [9.17, 15) is 18.7 Å². The SMILES string of the molecule is CCc1onc(C(=O)[O-])c1C(F)(F)c1ccccc1. The van der Waals surface area contributed by atoms with E-state index in [1.165, 1.54) is 24.3 Å². The van der Waals surface area contributed by atoms with Crippen molar-refractivity contribution in [3.8, 4) is 0 Å². The quantitative estimate of drug-likeness (QED) is 0.845. The Bertz CT molecular complexity index is 593. The Balaban J connectivity index is 2.63. The van der Waals surface area contributed by atoms with Crippen LogP contribution < -0.4 is 5.11 Å². The Kier molecular flexibility index (Phi) is 3.33. The molecule has 0 saturated heterocycles. The molecule has 0 spiro atoms. The van der Waals surface area contributed by atoms with Crippen molar-refractivity contribution in [1.29, 1.82) is 0 Å². The van der Waals surface area contributed by atoms with Gasteiger partial charge in [-0.3, -0.25) is 0 Å². The van der Waals surface area contributed by atoms with Crippen LogP contribution in [0, 0.1) is 0 Å². The van der Waals surface area contributed by atoms with E-state index in [0.717, 1.165) is 0 Å². The molecule has 0 aliphatic carbocycles. The smallest absolute Gasteiger partial charge is 0.304 e. The molecule has 0 unspecified atom stereocenters. The number of carboxylic acid groups (broad SMARTS) is 1. The minimum absolute atomic E-state index is 0.109. The molecule has 0 N–H and O–H groups in total. The standard InChI is InChI=1S/C13H11F2NO3/c1-2-9-10(11(12(17)18)16-19-9)13(14,15)8-6-4-3-5-7-8/h3-7H,2H2,1H3,(H,17,18)/p-1. The first kappa shape index (κ1) is 13.2. The van der Waals surface area contributed by atoms with Crippen molar-refractivity contribution in [2.75, 3.05) is 0 Å². The molecule has 6 heteroatoms. The number of aryl methyl sites for hydroxylation is 1. The second-order valence-electron chi connectivity index (χ2n) is 3.91. The third-order valence-corrected chi connectivity index (χ3v) is 2.73. The van der Waals surface area contributed by atoms with Crippen molar-refractivity contribution in [1.82, 2.24) is 5.16 Å². The van der Waals surface area contributed by atoms with Crippen molar-refractivity contribution in [3.63, 3.8) is 0 Å². The number of benzene rings is 1. The molecule has 0 aliphatic rings. The summed E-state index contributed by atoms with van der Waals surface area (Å²) in [4.78, 5) is 10.9. The van der Waals surface area contributed by atoms with Gasteiger partial charge < -0.3 is 14.4 Å². The van der Waals surface area contributed by atoms with Crippen LogP contribution in [0.2, 0.25) is 0 Å². The summed E-state index contributed by atoms with van der Waals surface area (Å²) in [5.41, 5.74) is -1.91. The summed E-state index contributed by atoms with van der Waals surface area (Å²) in [5, 5.41) is 14.0. The van der Waals surface area contributed by atoms with Crippen molar-refractivity contribution in [2.45, 2.75) is 19.3 Å². The van der Waals surface area contributed by atoms with Gasteiger partial charge in [-0.2, -0.15) is 8.78 Å². The normalized spacial score (nSPS) is 11.5. The molecular weight excluding hydrogens is 256 g/mol. The highest BCUT2D eigenvalue weighted by Crippen LogP contribution is 2.39. The van der Waals surface area contributed by atoms with Gasteiger partial charge in [0.15, 0.2) is 0 Å². The van der Waals surface area contributed by atoms with Gasteiger partial charge in [-0.05, 0) is 0 Å². The minimum atomic E-state index is -3.50. The van der Waals surface area contributed by atoms with Gasteiger partial charge >= 0.3 is 5.92 Å². The zero-order valence-electron chi connectivity index (χ0n) is 10.0. The maximum Gasteiger partial charge on any atom is 0.304 e. The minimum Gasteiger partial charge on any atom is -0.543 e. The van der Waals surface area contributed by atoms with E-state index in [2.05, 4.69) is 9.68 Å². The molecule has 0 saturated carbocycles. The van der Waals surface area contributed by atoms with Crippen molar-refractivity contribution in [3.05, 3.63) is 52.9 Å².